The van der Waals surface area contributed by atoms with E-state index in [1.807, 2.05) is 0 Å². The highest BCUT2D eigenvalue weighted by Gasteiger charge is 2.55. The lowest BCUT2D eigenvalue weighted by Gasteiger charge is -2.25. The van der Waals surface area contributed by atoms with Crippen molar-refractivity contribution in [3.8, 4) is 11.8 Å². The molecule has 1 aromatic rings. The summed E-state index contributed by atoms with van der Waals surface area (Å²) in [7, 11) is 0. The van der Waals surface area contributed by atoms with Gasteiger partial charge in [-0.3, -0.25) is 4.57 Å². The van der Waals surface area contributed by atoms with Gasteiger partial charge in [0.2, 0.25) is 0 Å². The molecule has 0 saturated carbocycles. The number of alkyl halides is 1. The minimum Gasteiger partial charge on any atom is -0.394 e. The minimum absolute atomic E-state index is 0.544. The van der Waals surface area contributed by atoms with E-state index in [0.717, 1.165) is 10.8 Å². The Balaban J connectivity index is 2.58. The van der Waals surface area contributed by atoms with Crippen molar-refractivity contribution >= 4 is 17.4 Å². The van der Waals surface area contributed by atoms with E-state index in [1.54, 1.807) is 0 Å². The van der Waals surface area contributed by atoms with Crippen LogP contribution < -0.4 is 11.4 Å². The molecule has 9 heteroatoms. The number of rotatable bonds is 2. The van der Waals surface area contributed by atoms with E-state index >= 15 is 0 Å². The average molecular weight is 318 g/mol. The van der Waals surface area contributed by atoms with Gasteiger partial charge >= 0.3 is 5.69 Å². The Morgan fingerprint density at radius 2 is 2.38 bits per heavy atom. The highest BCUT2D eigenvalue weighted by atomic mass is 35.5. The third kappa shape index (κ3) is 2.49. The van der Waals surface area contributed by atoms with Crippen LogP contribution in [0.2, 0.25) is 0 Å². The molecule has 1 saturated heterocycles. The SMILES string of the molecule is CC#CC1(Cl)C(O)C(CO)OC1n1cc(F)c(N)nc1=O. The maximum absolute atomic E-state index is 13.5. The maximum atomic E-state index is 13.5. The molecule has 2 rings (SSSR count). The number of nitrogens with zero attached hydrogens (tertiary/aromatic N) is 2. The van der Waals surface area contributed by atoms with Crippen LogP contribution in [-0.4, -0.2) is 43.5 Å². The molecule has 0 spiro atoms. The fourth-order valence-corrected chi connectivity index (χ4v) is 2.51. The molecule has 21 heavy (non-hydrogen) atoms. The summed E-state index contributed by atoms with van der Waals surface area (Å²) in [5.74, 6) is 3.54. The Morgan fingerprint density at radius 3 is 2.95 bits per heavy atom. The van der Waals surface area contributed by atoms with Gasteiger partial charge in [-0.05, 0) is 6.92 Å². The Bertz CT molecular complexity index is 671. The van der Waals surface area contributed by atoms with E-state index in [0.29, 0.717) is 0 Å². The predicted octanol–water partition coefficient (Wildman–Crippen LogP) is -0.784. The lowest BCUT2D eigenvalue weighted by atomic mass is 9.99. The Hall–Kier alpha value is -1.66. The molecule has 0 aromatic carbocycles. The summed E-state index contributed by atoms with van der Waals surface area (Å²) in [6, 6.07) is 0. The highest BCUT2D eigenvalue weighted by Crippen LogP contribution is 2.42. The zero-order valence-corrected chi connectivity index (χ0v) is 11.7. The van der Waals surface area contributed by atoms with Gasteiger partial charge in [-0.1, -0.05) is 17.5 Å². The van der Waals surface area contributed by atoms with Crippen LogP contribution in [0.4, 0.5) is 10.2 Å². The molecule has 2 heterocycles. The monoisotopic (exact) mass is 317 g/mol. The minimum atomic E-state index is -1.73. The molecule has 7 nitrogen and oxygen atoms in total. The van der Waals surface area contributed by atoms with Gasteiger partial charge in [-0.2, -0.15) is 4.98 Å². The van der Waals surface area contributed by atoms with Crippen LogP contribution in [0.25, 0.3) is 0 Å². The second-order valence-electron chi connectivity index (χ2n) is 4.46. The van der Waals surface area contributed by atoms with Crippen LogP contribution in [-0.2, 0) is 4.74 Å². The lowest BCUT2D eigenvalue weighted by Crippen LogP contribution is -2.43. The third-order valence-electron chi connectivity index (χ3n) is 3.13. The van der Waals surface area contributed by atoms with Crippen molar-refractivity contribution in [3.05, 3.63) is 22.5 Å². The molecule has 4 unspecified atom stereocenters. The number of ether oxygens (including phenoxy) is 1. The molecule has 1 fully saturated rings. The number of nitrogen functional groups attached to an aromatic ring is 1. The molecule has 1 aliphatic heterocycles. The Morgan fingerprint density at radius 1 is 1.71 bits per heavy atom. The number of halogens is 2. The largest absolute Gasteiger partial charge is 0.394 e. The van der Waals surface area contributed by atoms with Crippen LogP contribution in [0.15, 0.2) is 11.0 Å². The Labute approximate surface area is 124 Å². The van der Waals surface area contributed by atoms with Crippen molar-refractivity contribution in [2.24, 2.45) is 0 Å². The first kappa shape index (κ1) is 15.7. The normalized spacial score (nSPS) is 31.8. The third-order valence-corrected chi connectivity index (χ3v) is 3.63. The van der Waals surface area contributed by atoms with Crippen molar-refractivity contribution < 1.29 is 19.3 Å². The lowest BCUT2D eigenvalue weighted by molar-refractivity contribution is -0.0467. The summed E-state index contributed by atoms with van der Waals surface area (Å²) in [6.07, 6.45) is -3.00. The smallest absolute Gasteiger partial charge is 0.351 e. The molecular formula is C12H13ClFN3O4. The van der Waals surface area contributed by atoms with Gasteiger partial charge < -0.3 is 20.7 Å². The molecule has 0 amide bonds. The Kier molecular flexibility index (Phi) is 4.20. The van der Waals surface area contributed by atoms with Crippen LogP contribution in [0.1, 0.15) is 13.2 Å². The summed E-state index contributed by atoms with van der Waals surface area (Å²) in [4.78, 5) is 13.4. The van der Waals surface area contributed by atoms with Gasteiger partial charge in [-0.15, -0.1) is 5.92 Å². The zero-order chi connectivity index (χ0) is 15.8. The van der Waals surface area contributed by atoms with Gasteiger partial charge in [0.1, 0.15) is 12.2 Å². The van der Waals surface area contributed by atoms with Crippen molar-refractivity contribution in [1.29, 1.82) is 0 Å². The van der Waals surface area contributed by atoms with Crippen LogP contribution in [0, 0.1) is 17.7 Å². The van der Waals surface area contributed by atoms with Crippen LogP contribution in [0.5, 0.6) is 0 Å². The number of anilines is 1. The molecule has 114 valence electrons. The fraction of sp³-hybridized carbons (Fsp3) is 0.500. The van der Waals surface area contributed by atoms with Gasteiger partial charge in [0.25, 0.3) is 0 Å². The molecule has 0 bridgehead atoms. The standard InChI is InChI=1S/C12H13ClFN3O4/c1-2-3-12(13)8(19)7(5-18)21-10(12)17-4-6(14)9(15)16-11(17)20/h4,7-8,10,18-19H,5H2,1H3,(H2,15,16,20). The van der Waals surface area contributed by atoms with Crippen molar-refractivity contribution in [1.82, 2.24) is 9.55 Å². The van der Waals surface area contributed by atoms with Gasteiger partial charge in [0.05, 0.1) is 12.8 Å². The first-order valence-corrected chi connectivity index (χ1v) is 6.34. The summed E-state index contributed by atoms with van der Waals surface area (Å²) in [6.45, 7) is 0.932. The number of hydrogen-bond acceptors (Lipinski definition) is 6. The highest BCUT2D eigenvalue weighted by molar-refractivity contribution is 6.27. The quantitative estimate of drug-likeness (QED) is 0.487. The number of aromatic nitrogens is 2. The second-order valence-corrected chi connectivity index (χ2v) is 5.09. The topological polar surface area (TPSA) is 111 Å². The van der Waals surface area contributed by atoms with Gasteiger partial charge in [0, 0.05) is 0 Å². The number of nitrogens with two attached hydrogens (primary N) is 1. The van der Waals surface area contributed by atoms with Gasteiger partial charge in [0.15, 0.2) is 22.7 Å². The summed E-state index contributed by atoms with van der Waals surface area (Å²) < 4.78 is 19.6. The number of hydrogen-bond donors (Lipinski definition) is 3. The molecule has 0 radical (unpaired) electrons. The summed E-state index contributed by atoms with van der Waals surface area (Å²) in [5.41, 5.74) is 4.30. The second kappa shape index (κ2) is 5.61. The van der Waals surface area contributed by atoms with Crippen LogP contribution in [0.3, 0.4) is 0 Å². The van der Waals surface area contributed by atoms with Crippen molar-refractivity contribution in [2.45, 2.75) is 30.2 Å². The summed E-state index contributed by atoms with van der Waals surface area (Å²) in [5, 5.41) is 19.3. The van der Waals surface area contributed by atoms with E-state index in [-0.39, 0.29) is 0 Å². The first-order valence-electron chi connectivity index (χ1n) is 5.96. The summed E-state index contributed by atoms with van der Waals surface area (Å²) >= 11 is 6.26. The van der Waals surface area contributed by atoms with E-state index in [9.17, 15) is 19.4 Å². The first-order chi connectivity index (χ1) is 9.85. The molecular weight excluding hydrogens is 305 g/mol. The fourth-order valence-electron chi connectivity index (χ4n) is 2.12. The molecule has 1 aliphatic rings. The maximum Gasteiger partial charge on any atom is 0.351 e. The predicted molar refractivity (Wildman–Crippen MR) is 71.9 cm³/mol. The molecule has 4 atom stereocenters. The van der Waals surface area contributed by atoms with E-state index in [4.69, 9.17) is 22.1 Å². The number of aliphatic hydroxyl groups is 2. The molecule has 1 aromatic heterocycles. The van der Waals surface area contributed by atoms with Crippen LogP contribution >= 0.6 is 11.6 Å². The van der Waals surface area contributed by atoms with E-state index in [1.165, 1.54) is 6.92 Å². The van der Waals surface area contributed by atoms with Crippen molar-refractivity contribution in [2.75, 3.05) is 12.3 Å². The van der Waals surface area contributed by atoms with E-state index < -0.39 is 47.2 Å². The average Bonchev–Trinajstić information content (AvgIpc) is 2.67. The number of aliphatic hydroxyl groups excluding tert-OH is 2. The van der Waals surface area contributed by atoms with Gasteiger partial charge in [-0.25, -0.2) is 9.18 Å². The molecule has 0 aliphatic carbocycles. The van der Waals surface area contributed by atoms with Crippen molar-refractivity contribution in [3.63, 3.8) is 0 Å². The molecule has 4 N–H and O–H groups in total. The van der Waals surface area contributed by atoms with E-state index in [2.05, 4.69) is 16.8 Å². The zero-order valence-electron chi connectivity index (χ0n) is 11.0.